The lowest BCUT2D eigenvalue weighted by Gasteiger charge is -2.11. The number of hydrogen-bond acceptors (Lipinski definition) is 1. The van der Waals surface area contributed by atoms with Crippen LogP contribution in [0.2, 0.25) is 0 Å². The normalized spacial score (nSPS) is 10.6. The van der Waals surface area contributed by atoms with Crippen LogP contribution in [-0.4, -0.2) is 6.54 Å². The molecule has 0 aliphatic heterocycles. The first kappa shape index (κ1) is 12.7. The van der Waals surface area contributed by atoms with Crippen LogP contribution < -0.4 is 5.32 Å². The lowest BCUT2D eigenvalue weighted by Crippen LogP contribution is -2.12. The molecule has 3 heteroatoms. The second-order valence-corrected chi connectivity index (χ2v) is 4.06. The Morgan fingerprint density at radius 3 is 2.56 bits per heavy atom. The summed E-state index contributed by atoms with van der Waals surface area (Å²) in [5.41, 5.74) is 2.00. The van der Waals surface area contributed by atoms with Gasteiger partial charge >= 0.3 is 0 Å². The maximum atomic E-state index is 13.8. The molecule has 0 aliphatic carbocycles. The zero-order chi connectivity index (χ0) is 13.0. The van der Waals surface area contributed by atoms with Crippen LogP contribution in [0.4, 0.5) is 8.78 Å². The van der Waals surface area contributed by atoms with E-state index < -0.39 is 11.6 Å². The molecule has 94 valence electrons. The molecule has 0 amide bonds. The summed E-state index contributed by atoms with van der Waals surface area (Å²) >= 11 is 0. The molecule has 0 bridgehead atoms. The van der Waals surface area contributed by atoms with E-state index in [4.69, 9.17) is 0 Å². The van der Waals surface area contributed by atoms with Crippen LogP contribution in [0.3, 0.4) is 0 Å². The Kier molecular flexibility index (Phi) is 4.05. The first-order valence-electron chi connectivity index (χ1n) is 5.96. The molecule has 2 aromatic rings. The highest BCUT2D eigenvalue weighted by Crippen LogP contribution is 2.27. The van der Waals surface area contributed by atoms with Crippen LogP contribution in [0, 0.1) is 11.6 Å². The summed E-state index contributed by atoms with van der Waals surface area (Å²) in [5, 5.41) is 3.19. The molecule has 0 fully saturated rings. The molecule has 0 aromatic heterocycles. The first-order valence-corrected chi connectivity index (χ1v) is 5.96. The second kappa shape index (κ2) is 5.74. The quantitative estimate of drug-likeness (QED) is 0.867. The van der Waals surface area contributed by atoms with Crippen molar-refractivity contribution in [2.24, 2.45) is 0 Å². The lowest BCUT2D eigenvalue weighted by atomic mass is 9.99. The second-order valence-electron chi connectivity index (χ2n) is 4.06. The van der Waals surface area contributed by atoms with Crippen molar-refractivity contribution >= 4 is 0 Å². The van der Waals surface area contributed by atoms with Crippen molar-refractivity contribution in [1.82, 2.24) is 5.32 Å². The molecule has 0 saturated heterocycles. The molecule has 0 atom stereocenters. The molecule has 18 heavy (non-hydrogen) atoms. The Bertz CT molecular complexity index is 538. The van der Waals surface area contributed by atoms with E-state index in [-0.39, 0.29) is 0 Å². The van der Waals surface area contributed by atoms with Gasteiger partial charge in [0, 0.05) is 12.1 Å². The summed E-state index contributed by atoms with van der Waals surface area (Å²) in [5.74, 6) is -0.829. The van der Waals surface area contributed by atoms with Crippen molar-refractivity contribution in [2.45, 2.75) is 13.5 Å². The first-order chi connectivity index (χ1) is 8.72. The van der Waals surface area contributed by atoms with Crippen LogP contribution in [0.1, 0.15) is 12.5 Å². The standard InChI is InChI=1S/C15H15F2N/c1-2-18-10-11-5-3-4-6-13(11)14-9-12(16)7-8-15(14)17/h3-9,18H,2,10H2,1H3. The molecule has 0 radical (unpaired) electrons. The molecule has 0 saturated carbocycles. The average Bonchev–Trinajstić information content (AvgIpc) is 2.39. The highest BCUT2D eigenvalue weighted by atomic mass is 19.1. The van der Waals surface area contributed by atoms with Crippen molar-refractivity contribution in [1.29, 1.82) is 0 Å². The Balaban J connectivity index is 2.46. The van der Waals surface area contributed by atoms with Crippen molar-refractivity contribution in [3.63, 3.8) is 0 Å². The maximum absolute atomic E-state index is 13.8. The average molecular weight is 247 g/mol. The molecule has 2 aromatic carbocycles. The number of halogens is 2. The van der Waals surface area contributed by atoms with E-state index in [1.807, 2.05) is 31.2 Å². The van der Waals surface area contributed by atoms with E-state index in [1.54, 1.807) is 0 Å². The van der Waals surface area contributed by atoms with Crippen LogP contribution >= 0.6 is 0 Å². The Hall–Kier alpha value is -1.74. The van der Waals surface area contributed by atoms with Gasteiger partial charge in [-0.05, 0) is 35.9 Å². The van der Waals surface area contributed by atoms with Gasteiger partial charge in [0.15, 0.2) is 0 Å². The monoisotopic (exact) mass is 247 g/mol. The van der Waals surface area contributed by atoms with Gasteiger partial charge in [0.1, 0.15) is 11.6 Å². The largest absolute Gasteiger partial charge is 0.313 e. The fourth-order valence-electron chi connectivity index (χ4n) is 1.90. The topological polar surface area (TPSA) is 12.0 Å². The summed E-state index contributed by atoms with van der Waals surface area (Å²) in [6, 6.07) is 11.0. The molecule has 0 aliphatic rings. The van der Waals surface area contributed by atoms with E-state index in [1.165, 1.54) is 6.07 Å². The molecule has 0 spiro atoms. The SMILES string of the molecule is CCNCc1ccccc1-c1cc(F)ccc1F. The minimum Gasteiger partial charge on any atom is -0.313 e. The van der Waals surface area contributed by atoms with E-state index in [2.05, 4.69) is 5.32 Å². The van der Waals surface area contributed by atoms with Gasteiger partial charge in [0.25, 0.3) is 0 Å². The van der Waals surface area contributed by atoms with Crippen LogP contribution in [0.15, 0.2) is 42.5 Å². The van der Waals surface area contributed by atoms with Gasteiger partial charge < -0.3 is 5.32 Å². The molecule has 2 rings (SSSR count). The minimum atomic E-state index is -0.426. The molecular weight excluding hydrogens is 232 g/mol. The predicted octanol–water partition coefficient (Wildman–Crippen LogP) is 3.74. The number of hydrogen-bond donors (Lipinski definition) is 1. The number of rotatable bonds is 4. The van der Waals surface area contributed by atoms with E-state index in [0.717, 1.165) is 29.8 Å². The van der Waals surface area contributed by atoms with Crippen molar-refractivity contribution in [3.8, 4) is 11.1 Å². The third-order valence-electron chi connectivity index (χ3n) is 2.80. The summed E-state index contributed by atoms with van der Waals surface area (Å²) in [6.45, 7) is 3.48. The van der Waals surface area contributed by atoms with Gasteiger partial charge in [-0.2, -0.15) is 0 Å². The smallest absolute Gasteiger partial charge is 0.131 e. The summed E-state index contributed by atoms with van der Waals surface area (Å²) < 4.78 is 27.0. The molecule has 0 unspecified atom stereocenters. The molecule has 1 N–H and O–H groups in total. The van der Waals surface area contributed by atoms with Gasteiger partial charge in [0.05, 0.1) is 0 Å². The van der Waals surface area contributed by atoms with Gasteiger partial charge in [-0.1, -0.05) is 31.2 Å². The lowest BCUT2D eigenvalue weighted by molar-refractivity contribution is 0.603. The molecular formula is C15H15F2N. The van der Waals surface area contributed by atoms with Crippen molar-refractivity contribution < 1.29 is 8.78 Å². The summed E-state index contributed by atoms with van der Waals surface area (Å²) in [7, 11) is 0. The number of benzene rings is 2. The fourth-order valence-corrected chi connectivity index (χ4v) is 1.90. The van der Waals surface area contributed by atoms with Crippen LogP contribution in [0.5, 0.6) is 0 Å². The van der Waals surface area contributed by atoms with Gasteiger partial charge in [-0.15, -0.1) is 0 Å². The van der Waals surface area contributed by atoms with Crippen molar-refractivity contribution in [3.05, 3.63) is 59.7 Å². The highest BCUT2D eigenvalue weighted by Gasteiger charge is 2.10. The summed E-state index contributed by atoms with van der Waals surface area (Å²) in [4.78, 5) is 0. The fraction of sp³-hybridized carbons (Fsp3) is 0.200. The number of nitrogens with one attached hydrogen (secondary N) is 1. The van der Waals surface area contributed by atoms with Gasteiger partial charge in [0.2, 0.25) is 0 Å². The van der Waals surface area contributed by atoms with Gasteiger partial charge in [-0.3, -0.25) is 0 Å². The third kappa shape index (κ3) is 2.74. The van der Waals surface area contributed by atoms with E-state index in [9.17, 15) is 8.78 Å². The molecule has 0 heterocycles. The van der Waals surface area contributed by atoms with E-state index >= 15 is 0 Å². The van der Waals surface area contributed by atoms with Crippen LogP contribution in [0.25, 0.3) is 11.1 Å². The minimum absolute atomic E-state index is 0.309. The van der Waals surface area contributed by atoms with Crippen LogP contribution in [-0.2, 0) is 6.54 Å². The predicted molar refractivity (Wildman–Crippen MR) is 69.2 cm³/mol. The Morgan fingerprint density at radius 1 is 1.00 bits per heavy atom. The zero-order valence-electron chi connectivity index (χ0n) is 10.2. The Labute approximate surface area is 105 Å². The molecule has 1 nitrogen and oxygen atoms in total. The van der Waals surface area contributed by atoms with Crippen molar-refractivity contribution in [2.75, 3.05) is 6.54 Å². The maximum Gasteiger partial charge on any atom is 0.131 e. The van der Waals surface area contributed by atoms with Gasteiger partial charge in [-0.25, -0.2) is 8.78 Å². The summed E-state index contributed by atoms with van der Waals surface area (Å²) in [6.07, 6.45) is 0. The third-order valence-corrected chi connectivity index (χ3v) is 2.80. The van der Waals surface area contributed by atoms with E-state index in [0.29, 0.717) is 12.1 Å². The Morgan fingerprint density at radius 2 is 1.78 bits per heavy atom. The zero-order valence-corrected chi connectivity index (χ0v) is 10.2. The highest BCUT2D eigenvalue weighted by molar-refractivity contribution is 5.68.